The quantitative estimate of drug-likeness (QED) is 0.821. The monoisotopic (exact) mass is 388 g/mol. The van der Waals surface area contributed by atoms with Crippen molar-refractivity contribution < 1.29 is 13.2 Å². The minimum Gasteiger partial charge on any atom is -0.370 e. The van der Waals surface area contributed by atoms with Crippen molar-refractivity contribution in [2.24, 2.45) is 5.92 Å². The average Bonchev–Trinajstić information content (AvgIpc) is 2.62. The van der Waals surface area contributed by atoms with Crippen molar-refractivity contribution in [2.45, 2.75) is 31.6 Å². The second-order valence-corrected chi connectivity index (χ2v) is 8.59. The number of piperidine rings is 1. The highest BCUT2D eigenvalue weighted by molar-refractivity contribution is 7.92. The third kappa shape index (κ3) is 4.97. The number of anilines is 3. The van der Waals surface area contributed by atoms with Crippen molar-refractivity contribution in [3.63, 3.8) is 0 Å². The lowest BCUT2D eigenvalue weighted by Gasteiger charge is -2.32. The molecule has 1 aromatic carbocycles. The van der Waals surface area contributed by atoms with Crippen molar-refractivity contribution in [1.29, 1.82) is 0 Å². The van der Waals surface area contributed by atoms with E-state index in [0.29, 0.717) is 11.6 Å². The highest BCUT2D eigenvalue weighted by Gasteiger charge is 2.18. The lowest BCUT2D eigenvalue weighted by atomic mass is 10.00. The third-order valence-corrected chi connectivity index (χ3v) is 5.86. The summed E-state index contributed by atoms with van der Waals surface area (Å²) in [5.41, 5.74) is 1.55. The van der Waals surface area contributed by atoms with E-state index in [9.17, 15) is 13.2 Å². The van der Waals surface area contributed by atoms with Gasteiger partial charge >= 0.3 is 0 Å². The Morgan fingerprint density at radius 1 is 1.19 bits per heavy atom. The van der Waals surface area contributed by atoms with Gasteiger partial charge in [-0.05, 0) is 55.2 Å². The topological polar surface area (TPSA) is 91.4 Å². The summed E-state index contributed by atoms with van der Waals surface area (Å²) in [5, 5.41) is 2.60. The maximum absolute atomic E-state index is 12.5. The van der Waals surface area contributed by atoms with Crippen LogP contribution in [0, 0.1) is 5.92 Å². The Labute approximate surface area is 159 Å². The molecule has 1 saturated heterocycles. The Morgan fingerprint density at radius 2 is 1.93 bits per heavy atom. The Balaban J connectivity index is 1.69. The fraction of sp³-hybridized carbons (Fsp3) is 0.368. The van der Waals surface area contributed by atoms with Crippen LogP contribution in [0.2, 0.25) is 0 Å². The number of benzene rings is 1. The van der Waals surface area contributed by atoms with Crippen LogP contribution in [0.15, 0.2) is 47.5 Å². The molecule has 1 aliphatic rings. The number of nitrogens with one attached hydrogen (secondary N) is 2. The van der Waals surface area contributed by atoms with Gasteiger partial charge in [-0.25, -0.2) is 13.4 Å². The molecule has 0 radical (unpaired) electrons. The Kier molecular flexibility index (Phi) is 5.65. The first-order valence-electron chi connectivity index (χ1n) is 8.95. The predicted molar refractivity (Wildman–Crippen MR) is 106 cm³/mol. The van der Waals surface area contributed by atoms with Crippen LogP contribution in [0.5, 0.6) is 0 Å². The van der Waals surface area contributed by atoms with Crippen LogP contribution < -0.4 is 14.9 Å². The number of carbonyl (C=O) groups is 1. The van der Waals surface area contributed by atoms with E-state index in [2.05, 4.69) is 26.8 Å². The molecule has 2 aromatic rings. The number of amides is 1. The van der Waals surface area contributed by atoms with Crippen LogP contribution in [0.25, 0.3) is 0 Å². The summed E-state index contributed by atoms with van der Waals surface area (Å²) >= 11 is 0. The number of carbonyl (C=O) groups excluding carboxylic acids is 1. The van der Waals surface area contributed by atoms with Gasteiger partial charge in [0.25, 0.3) is 10.0 Å². The Morgan fingerprint density at radius 3 is 2.52 bits per heavy atom. The molecule has 1 fully saturated rings. The molecule has 2 heterocycles. The number of nitrogens with zero attached hydrogens (tertiary/aromatic N) is 2. The summed E-state index contributed by atoms with van der Waals surface area (Å²) in [7, 11) is -3.74. The fourth-order valence-corrected chi connectivity index (χ4v) is 4.18. The molecule has 0 bridgehead atoms. The number of pyridine rings is 1. The summed E-state index contributed by atoms with van der Waals surface area (Å²) in [6.45, 7) is 5.62. The lowest BCUT2D eigenvalue weighted by molar-refractivity contribution is -0.114. The maximum atomic E-state index is 12.5. The van der Waals surface area contributed by atoms with Gasteiger partial charge in [-0.15, -0.1) is 0 Å². The van der Waals surface area contributed by atoms with Gasteiger partial charge in [0.2, 0.25) is 5.91 Å². The van der Waals surface area contributed by atoms with E-state index >= 15 is 0 Å². The molecular formula is C19H24N4O3S. The second-order valence-electron chi connectivity index (χ2n) is 6.91. The van der Waals surface area contributed by atoms with Gasteiger partial charge in [-0.2, -0.15) is 0 Å². The standard InChI is InChI=1S/C19H24N4O3S/c1-14-4-3-11-23(13-14)17-7-10-19(20-12-17)22-27(25,26)18-8-5-16(6-9-18)21-15(2)24/h5-10,12,14H,3-4,11,13H2,1-2H3,(H,20,22)(H,21,24). The first kappa shape index (κ1) is 19.2. The molecule has 3 rings (SSSR count). The summed E-state index contributed by atoms with van der Waals surface area (Å²) in [6.07, 6.45) is 4.10. The molecular weight excluding hydrogens is 364 g/mol. The second kappa shape index (κ2) is 7.96. The van der Waals surface area contributed by atoms with Gasteiger partial charge in [-0.3, -0.25) is 9.52 Å². The molecule has 0 saturated carbocycles. The number of hydrogen-bond donors (Lipinski definition) is 2. The minimum atomic E-state index is -3.74. The van der Waals surface area contributed by atoms with Crippen LogP contribution in [0.1, 0.15) is 26.7 Å². The largest absolute Gasteiger partial charge is 0.370 e. The van der Waals surface area contributed by atoms with Crippen molar-refractivity contribution >= 4 is 33.1 Å². The average molecular weight is 388 g/mol. The van der Waals surface area contributed by atoms with Gasteiger partial charge in [0.15, 0.2) is 0 Å². The molecule has 144 valence electrons. The number of sulfonamides is 1. The maximum Gasteiger partial charge on any atom is 0.263 e. The molecule has 1 amide bonds. The molecule has 1 unspecified atom stereocenters. The zero-order chi connectivity index (χ0) is 19.4. The van der Waals surface area contributed by atoms with Gasteiger partial charge < -0.3 is 10.2 Å². The van der Waals surface area contributed by atoms with Crippen LogP contribution in [0.4, 0.5) is 17.2 Å². The molecule has 8 heteroatoms. The zero-order valence-corrected chi connectivity index (χ0v) is 16.3. The van der Waals surface area contributed by atoms with Gasteiger partial charge in [-0.1, -0.05) is 6.92 Å². The summed E-state index contributed by atoms with van der Waals surface area (Å²) in [4.78, 5) is 17.7. The molecule has 2 N–H and O–H groups in total. The van der Waals surface area contributed by atoms with Crippen molar-refractivity contribution in [1.82, 2.24) is 4.98 Å². The van der Waals surface area contributed by atoms with Gasteiger partial charge in [0, 0.05) is 25.7 Å². The fourth-order valence-electron chi connectivity index (χ4n) is 3.17. The smallest absolute Gasteiger partial charge is 0.263 e. The first-order valence-corrected chi connectivity index (χ1v) is 10.4. The third-order valence-electron chi connectivity index (χ3n) is 4.49. The molecule has 0 spiro atoms. The van der Waals surface area contributed by atoms with E-state index in [4.69, 9.17) is 0 Å². The summed E-state index contributed by atoms with van der Waals surface area (Å²) in [6, 6.07) is 9.54. The van der Waals surface area contributed by atoms with Crippen LogP contribution >= 0.6 is 0 Å². The SMILES string of the molecule is CC(=O)Nc1ccc(S(=O)(=O)Nc2ccc(N3CCCC(C)C3)cn2)cc1. The Bertz CT molecular complexity index is 896. The van der Waals surface area contributed by atoms with E-state index in [1.165, 1.54) is 25.5 Å². The van der Waals surface area contributed by atoms with E-state index in [0.717, 1.165) is 25.2 Å². The van der Waals surface area contributed by atoms with E-state index in [-0.39, 0.29) is 16.6 Å². The van der Waals surface area contributed by atoms with Crippen LogP contribution in [-0.2, 0) is 14.8 Å². The molecule has 1 atom stereocenters. The van der Waals surface area contributed by atoms with Crippen molar-refractivity contribution in [3.05, 3.63) is 42.6 Å². The van der Waals surface area contributed by atoms with E-state index in [1.807, 2.05) is 6.07 Å². The lowest BCUT2D eigenvalue weighted by Crippen LogP contribution is -2.34. The Hall–Kier alpha value is -2.61. The van der Waals surface area contributed by atoms with E-state index < -0.39 is 10.0 Å². The summed E-state index contributed by atoms with van der Waals surface area (Å²) < 4.78 is 27.5. The van der Waals surface area contributed by atoms with Crippen molar-refractivity contribution in [3.8, 4) is 0 Å². The molecule has 1 aliphatic heterocycles. The molecule has 27 heavy (non-hydrogen) atoms. The number of rotatable bonds is 5. The first-order chi connectivity index (χ1) is 12.8. The van der Waals surface area contributed by atoms with Crippen LogP contribution in [-0.4, -0.2) is 32.4 Å². The predicted octanol–water partition coefficient (Wildman–Crippen LogP) is 3.08. The number of aromatic nitrogens is 1. The van der Waals surface area contributed by atoms with E-state index in [1.54, 1.807) is 24.4 Å². The molecule has 1 aromatic heterocycles. The highest BCUT2D eigenvalue weighted by atomic mass is 32.2. The normalized spacial score (nSPS) is 17.4. The molecule has 7 nitrogen and oxygen atoms in total. The number of hydrogen-bond acceptors (Lipinski definition) is 5. The van der Waals surface area contributed by atoms with Gasteiger partial charge in [0.1, 0.15) is 5.82 Å². The van der Waals surface area contributed by atoms with Gasteiger partial charge in [0.05, 0.1) is 16.8 Å². The van der Waals surface area contributed by atoms with Crippen LogP contribution in [0.3, 0.4) is 0 Å². The zero-order valence-electron chi connectivity index (χ0n) is 15.5. The van der Waals surface area contributed by atoms with Crippen molar-refractivity contribution in [2.75, 3.05) is 28.0 Å². The summed E-state index contributed by atoms with van der Waals surface area (Å²) in [5.74, 6) is 0.711. The molecule has 0 aliphatic carbocycles. The minimum absolute atomic E-state index is 0.104. The highest BCUT2D eigenvalue weighted by Crippen LogP contribution is 2.24.